The van der Waals surface area contributed by atoms with Crippen LogP contribution in [-0.4, -0.2) is 11.9 Å². The van der Waals surface area contributed by atoms with Crippen LogP contribution in [-0.2, 0) is 11.2 Å². The molecule has 1 atom stereocenters. The molecule has 102 valence electrons. The molecule has 1 amide bonds. The summed E-state index contributed by atoms with van der Waals surface area (Å²) in [7, 11) is 0. The maximum absolute atomic E-state index is 12.3. The third-order valence-corrected chi connectivity index (χ3v) is 3.83. The molecule has 2 aromatic carbocycles. The van der Waals surface area contributed by atoms with Crippen LogP contribution in [0.3, 0.4) is 0 Å². The van der Waals surface area contributed by atoms with Crippen molar-refractivity contribution in [3.05, 3.63) is 59.1 Å². The summed E-state index contributed by atoms with van der Waals surface area (Å²) in [5.41, 5.74) is 2.87. The van der Waals surface area contributed by atoms with Gasteiger partial charge in [0.15, 0.2) is 0 Å². The van der Waals surface area contributed by atoms with Gasteiger partial charge in [0.25, 0.3) is 0 Å². The van der Waals surface area contributed by atoms with Crippen molar-refractivity contribution in [3.63, 3.8) is 0 Å². The third kappa shape index (κ3) is 2.63. The Morgan fingerprint density at radius 1 is 1.10 bits per heavy atom. The lowest BCUT2D eigenvalue weighted by atomic mass is 10.1. The molecule has 0 bridgehead atoms. The second-order valence-electron chi connectivity index (χ2n) is 4.86. The molecule has 3 nitrogen and oxygen atoms in total. The van der Waals surface area contributed by atoms with Gasteiger partial charge in [-0.25, -0.2) is 0 Å². The Bertz CT molecular complexity index is 642. The van der Waals surface area contributed by atoms with Gasteiger partial charge in [-0.15, -0.1) is 0 Å². The van der Waals surface area contributed by atoms with E-state index < -0.39 is 0 Å². The summed E-state index contributed by atoms with van der Waals surface area (Å²) in [5.74, 6) is -0.0186. The Morgan fingerprint density at radius 3 is 2.70 bits per heavy atom. The summed E-state index contributed by atoms with van der Waals surface area (Å²) in [5, 5.41) is 6.82. The fourth-order valence-corrected chi connectivity index (χ4v) is 2.61. The fourth-order valence-electron chi connectivity index (χ4n) is 2.41. The van der Waals surface area contributed by atoms with E-state index in [2.05, 4.69) is 10.6 Å². The molecule has 1 heterocycles. The molecule has 0 saturated heterocycles. The SMILES string of the molecule is O=C1Nc2ccccc2CCC1Nc1ccccc1Cl. The molecule has 1 aliphatic heterocycles. The van der Waals surface area contributed by atoms with Crippen LogP contribution in [0.1, 0.15) is 12.0 Å². The number of carbonyl (C=O) groups excluding carboxylic acids is 1. The first kappa shape index (κ1) is 13.0. The number of nitrogens with one attached hydrogen (secondary N) is 2. The van der Waals surface area contributed by atoms with Gasteiger partial charge in [-0.3, -0.25) is 4.79 Å². The number of amides is 1. The van der Waals surface area contributed by atoms with E-state index in [0.29, 0.717) is 5.02 Å². The summed E-state index contributed by atoms with van der Waals surface area (Å²) >= 11 is 6.13. The van der Waals surface area contributed by atoms with Crippen molar-refractivity contribution in [2.45, 2.75) is 18.9 Å². The third-order valence-electron chi connectivity index (χ3n) is 3.50. The van der Waals surface area contributed by atoms with Crippen LogP contribution in [0.4, 0.5) is 11.4 Å². The number of fused-ring (bicyclic) bond motifs is 1. The van der Waals surface area contributed by atoms with Crippen molar-refractivity contribution in [2.75, 3.05) is 10.6 Å². The van der Waals surface area contributed by atoms with Gasteiger partial charge < -0.3 is 10.6 Å². The molecule has 0 aromatic heterocycles. The van der Waals surface area contributed by atoms with E-state index in [9.17, 15) is 4.79 Å². The molecule has 2 aromatic rings. The van der Waals surface area contributed by atoms with Gasteiger partial charge in [0, 0.05) is 5.69 Å². The van der Waals surface area contributed by atoms with Crippen molar-refractivity contribution in [3.8, 4) is 0 Å². The molecule has 1 aliphatic rings. The van der Waals surface area contributed by atoms with Gasteiger partial charge in [0.05, 0.1) is 10.7 Å². The molecular formula is C16H15ClN2O. The second-order valence-corrected chi connectivity index (χ2v) is 5.27. The number of rotatable bonds is 2. The first-order valence-electron chi connectivity index (χ1n) is 6.64. The van der Waals surface area contributed by atoms with E-state index in [-0.39, 0.29) is 11.9 Å². The summed E-state index contributed by atoms with van der Waals surface area (Å²) in [6.45, 7) is 0. The van der Waals surface area contributed by atoms with Gasteiger partial charge in [-0.1, -0.05) is 41.9 Å². The Balaban J connectivity index is 1.80. The van der Waals surface area contributed by atoms with Crippen LogP contribution in [0.2, 0.25) is 5.02 Å². The first-order chi connectivity index (χ1) is 9.74. The number of anilines is 2. The fraction of sp³-hybridized carbons (Fsp3) is 0.188. The largest absolute Gasteiger partial charge is 0.372 e. The number of para-hydroxylation sites is 2. The zero-order valence-electron chi connectivity index (χ0n) is 10.9. The molecular weight excluding hydrogens is 272 g/mol. The van der Waals surface area contributed by atoms with E-state index >= 15 is 0 Å². The van der Waals surface area contributed by atoms with E-state index in [1.165, 1.54) is 5.56 Å². The lowest BCUT2D eigenvalue weighted by Crippen LogP contribution is -2.33. The topological polar surface area (TPSA) is 41.1 Å². The van der Waals surface area contributed by atoms with Crippen molar-refractivity contribution in [1.29, 1.82) is 0 Å². The van der Waals surface area contributed by atoms with Crippen LogP contribution in [0.15, 0.2) is 48.5 Å². The van der Waals surface area contributed by atoms with Crippen molar-refractivity contribution in [2.24, 2.45) is 0 Å². The van der Waals surface area contributed by atoms with Crippen LogP contribution >= 0.6 is 11.6 Å². The minimum absolute atomic E-state index is 0.0186. The van der Waals surface area contributed by atoms with Crippen LogP contribution in [0, 0.1) is 0 Å². The van der Waals surface area contributed by atoms with Gasteiger partial charge in [-0.2, -0.15) is 0 Å². The highest BCUT2D eigenvalue weighted by Gasteiger charge is 2.23. The van der Waals surface area contributed by atoms with Crippen molar-refractivity contribution in [1.82, 2.24) is 0 Å². The van der Waals surface area contributed by atoms with E-state index in [1.807, 2.05) is 48.5 Å². The average molecular weight is 287 g/mol. The number of benzene rings is 2. The lowest BCUT2D eigenvalue weighted by molar-refractivity contribution is -0.116. The standard InChI is InChI=1S/C16H15ClN2O/c17-12-6-2-4-8-14(12)18-15-10-9-11-5-1-3-7-13(11)19-16(15)20/h1-8,15,18H,9-10H2,(H,19,20). The summed E-state index contributed by atoms with van der Waals surface area (Å²) < 4.78 is 0. The van der Waals surface area contributed by atoms with Crippen LogP contribution < -0.4 is 10.6 Å². The minimum atomic E-state index is -0.276. The normalized spacial score (nSPS) is 17.9. The molecule has 0 fully saturated rings. The van der Waals surface area contributed by atoms with Gasteiger partial charge in [0.1, 0.15) is 6.04 Å². The maximum Gasteiger partial charge on any atom is 0.246 e. The monoisotopic (exact) mass is 286 g/mol. The summed E-state index contributed by atoms with van der Waals surface area (Å²) in [6, 6.07) is 15.1. The molecule has 2 N–H and O–H groups in total. The Morgan fingerprint density at radius 2 is 1.85 bits per heavy atom. The Labute approximate surface area is 123 Å². The van der Waals surface area contributed by atoms with E-state index in [4.69, 9.17) is 11.6 Å². The Kier molecular flexibility index (Phi) is 3.61. The highest BCUT2D eigenvalue weighted by Crippen LogP contribution is 2.26. The molecule has 0 spiro atoms. The number of hydrogen-bond acceptors (Lipinski definition) is 2. The maximum atomic E-state index is 12.3. The van der Waals surface area contributed by atoms with E-state index in [1.54, 1.807) is 0 Å². The number of carbonyl (C=O) groups is 1. The second kappa shape index (κ2) is 5.55. The molecule has 0 aliphatic carbocycles. The van der Waals surface area contributed by atoms with Crippen molar-refractivity contribution < 1.29 is 4.79 Å². The van der Waals surface area contributed by atoms with Gasteiger partial charge >= 0.3 is 0 Å². The zero-order chi connectivity index (χ0) is 13.9. The molecule has 1 unspecified atom stereocenters. The average Bonchev–Trinajstić information content (AvgIpc) is 2.61. The quantitative estimate of drug-likeness (QED) is 0.884. The lowest BCUT2D eigenvalue weighted by Gasteiger charge is -2.17. The predicted molar refractivity (Wildman–Crippen MR) is 82.3 cm³/mol. The van der Waals surface area contributed by atoms with Crippen molar-refractivity contribution >= 4 is 28.9 Å². The summed E-state index contributed by atoms with van der Waals surface area (Å²) in [6.07, 6.45) is 1.60. The number of halogens is 1. The molecule has 20 heavy (non-hydrogen) atoms. The van der Waals surface area contributed by atoms with E-state index in [0.717, 1.165) is 24.2 Å². The molecule has 0 saturated carbocycles. The summed E-state index contributed by atoms with van der Waals surface area (Å²) in [4.78, 5) is 12.3. The first-order valence-corrected chi connectivity index (χ1v) is 7.01. The number of hydrogen-bond donors (Lipinski definition) is 2. The Hall–Kier alpha value is -2.00. The zero-order valence-corrected chi connectivity index (χ0v) is 11.7. The smallest absolute Gasteiger partial charge is 0.246 e. The molecule has 4 heteroatoms. The van der Waals surface area contributed by atoms with Crippen LogP contribution in [0.25, 0.3) is 0 Å². The van der Waals surface area contributed by atoms with Gasteiger partial charge in [0.2, 0.25) is 5.91 Å². The minimum Gasteiger partial charge on any atom is -0.372 e. The highest BCUT2D eigenvalue weighted by atomic mass is 35.5. The number of aryl methyl sites for hydroxylation is 1. The van der Waals surface area contributed by atoms with Gasteiger partial charge in [-0.05, 0) is 36.6 Å². The molecule has 3 rings (SSSR count). The van der Waals surface area contributed by atoms with Crippen LogP contribution in [0.5, 0.6) is 0 Å². The highest BCUT2D eigenvalue weighted by molar-refractivity contribution is 6.33. The predicted octanol–water partition coefficient (Wildman–Crippen LogP) is 3.71. The molecule has 0 radical (unpaired) electrons.